The molecule has 0 aromatic heterocycles. The Morgan fingerprint density at radius 2 is 1.94 bits per heavy atom. The maximum atomic E-state index is 8.97. The monoisotopic (exact) mass is 246 g/mol. The van der Waals surface area contributed by atoms with Crippen molar-refractivity contribution in [1.82, 2.24) is 0 Å². The smallest absolute Gasteiger partial charge is 0.191 e. The molecule has 2 atom stereocenters. The summed E-state index contributed by atoms with van der Waals surface area (Å²) in [4.78, 5) is 0. The summed E-state index contributed by atoms with van der Waals surface area (Å²) in [6.07, 6.45) is 0.903. The summed E-state index contributed by atoms with van der Waals surface area (Å²) in [5.41, 5.74) is -0.142. The molecule has 16 heavy (non-hydrogen) atoms. The Kier molecular flexibility index (Phi) is 3.90. The van der Waals surface area contributed by atoms with Gasteiger partial charge in [-0.05, 0) is 25.1 Å². The van der Waals surface area contributed by atoms with Crippen molar-refractivity contribution in [1.29, 1.82) is 0 Å². The summed E-state index contributed by atoms with van der Waals surface area (Å²) in [6.45, 7) is 14.1. The van der Waals surface area contributed by atoms with Crippen LogP contribution in [0.3, 0.4) is 0 Å². The number of hydrogen-bond donors (Lipinski definition) is 1. The second-order valence-corrected chi connectivity index (χ2v) is 11.3. The normalized spacial score (nSPS) is 30.6. The highest BCUT2D eigenvalue weighted by atomic mass is 28.4. The molecule has 96 valence electrons. The number of aliphatic hydroxyl groups is 1. The molecule has 0 aromatic rings. The van der Waals surface area contributed by atoms with Crippen LogP contribution in [0.25, 0.3) is 0 Å². The van der Waals surface area contributed by atoms with Crippen molar-refractivity contribution in [2.45, 2.75) is 64.0 Å². The zero-order chi connectivity index (χ0) is 12.6. The molecule has 1 saturated heterocycles. The highest BCUT2D eigenvalue weighted by Gasteiger charge is 2.51. The van der Waals surface area contributed by atoms with Gasteiger partial charge in [0.15, 0.2) is 8.32 Å². The van der Waals surface area contributed by atoms with Gasteiger partial charge in [0, 0.05) is 13.0 Å². The van der Waals surface area contributed by atoms with Gasteiger partial charge in [0.1, 0.15) is 6.10 Å². The van der Waals surface area contributed by atoms with Crippen LogP contribution in [0.4, 0.5) is 0 Å². The Balaban J connectivity index is 2.32. The molecule has 1 rings (SSSR count). The third-order valence-corrected chi connectivity index (χ3v) is 8.61. The molecular weight excluding hydrogens is 220 g/mol. The quantitative estimate of drug-likeness (QED) is 0.599. The van der Waals surface area contributed by atoms with Crippen LogP contribution in [0.5, 0.6) is 0 Å². The second kappa shape index (κ2) is 4.41. The van der Waals surface area contributed by atoms with Crippen molar-refractivity contribution in [3.63, 3.8) is 0 Å². The van der Waals surface area contributed by atoms with E-state index in [4.69, 9.17) is 14.3 Å². The van der Waals surface area contributed by atoms with E-state index in [1.54, 1.807) is 0 Å². The molecule has 0 bridgehead atoms. The Labute approximate surface area is 100 Å². The van der Waals surface area contributed by atoms with Crippen molar-refractivity contribution in [2.24, 2.45) is 0 Å². The summed E-state index contributed by atoms with van der Waals surface area (Å²) >= 11 is 0. The van der Waals surface area contributed by atoms with E-state index < -0.39 is 8.32 Å². The minimum Gasteiger partial charge on any atom is -0.417 e. The van der Waals surface area contributed by atoms with Crippen LogP contribution in [-0.4, -0.2) is 38.3 Å². The molecule has 1 aliphatic heterocycles. The predicted molar refractivity (Wildman–Crippen MR) is 68.1 cm³/mol. The average Bonchev–Trinajstić information content (AvgIpc) is 2.75. The molecule has 0 amide bonds. The van der Waals surface area contributed by atoms with Crippen LogP contribution in [0.15, 0.2) is 0 Å². The SMILES string of the molecule is CC1(CCO[Si](C)(C)C(C)(C)C)OC1CO. The maximum absolute atomic E-state index is 8.97. The fourth-order valence-electron chi connectivity index (χ4n) is 1.47. The van der Waals surface area contributed by atoms with E-state index >= 15 is 0 Å². The van der Waals surface area contributed by atoms with E-state index in [-0.39, 0.29) is 23.4 Å². The van der Waals surface area contributed by atoms with E-state index in [2.05, 4.69) is 33.9 Å². The van der Waals surface area contributed by atoms with Gasteiger partial charge in [-0.2, -0.15) is 0 Å². The predicted octanol–water partition coefficient (Wildman–Crippen LogP) is 2.55. The van der Waals surface area contributed by atoms with Gasteiger partial charge in [-0.3, -0.25) is 0 Å². The first-order chi connectivity index (χ1) is 7.12. The van der Waals surface area contributed by atoms with Gasteiger partial charge in [-0.15, -0.1) is 0 Å². The Hall–Kier alpha value is 0.0969. The molecule has 1 heterocycles. The molecule has 0 aliphatic carbocycles. The molecule has 0 spiro atoms. The standard InChI is InChI=1S/C12H26O3Si/c1-11(2,3)16(5,6)14-8-7-12(4)10(9-13)15-12/h10,13H,7-9H2,1-6H3. The van der Waals surface area contributed by atoms with Crippen LogP contribution >= 0.6 is 0 Å². The van der Waals surface area contributed by atoms with Crippen molar-refractivity contribution in [2.75, 3.05) is 13.2 Å². The van der Waals surface area contributed by atoms with Gasteiger partial charge in [-0.1, -0.05) is 20.8 Å². The minimum atomic E-state index is -1.63. The maximum Gasteiger partial charge on any atom is 0.191 e. The van der Waals surface area contributed by atoms with E-state index in [0.717, 1.165) is 13.0 Å². The fourth-order valence-corrected chi connectivity index (χ4v) is 2.51. The zero-order valence-electron chi connectivity index (χ0n) is 11.5. The number of ether oxygens (including phenoxy) is 1. The number of hydrogen-bond acceptors (Lipinski definition) is 3. The second-order valence-electron chi connectivity index (χ2n) is 6.46. The van der Waals surface area contributed by atoms with Crippen LogP contribution < -0.4 is 0 Å². The first kappa shape index (κ1) is 14.2. The molecule has 0 radical (unpaired) electrons. The number of epoxide rings is 1. The van der Waals surface area contributed by atoms with Gasteiger partial charge in [-0.25, -0.2) is 0 Å². The number of rotatable bonds is 5. The Morgan fingerprint density at radius 3 is 2.31 bits per heavy atom. The van der Waals surface area contributed by atoms with Crippen LogP contribution in [0.2, 0.25) is 18.1 Å². The van der Waals surface area contributed by atoms with Crippen LogP contribution in [-0.2, 0) is 9.16 Å². The molecule has 1 aliphatic rings. The molecule has 2 unspecified atom stereocenters. The van der Waals surface area contributed by atoms with Crippen LogP contribution in [0, 0.1) is 0 Å². The first-order valence-corrected chi connectivity index (χ1v) is 8.96. The van der Waals surface area contributed by atoms with Crippen molar-refractivity contribution in [3.05, 3.63) is 0 Å². The lowest BCUT2D eigenvalue weighted by molar-refractivity contribution is 0.215. The molecule has 1 N–H and O–H groups in total. The molecular formula is C12H26O3Si. The molecule has 0 aromatic carbocycles. The highest BCUT2D eigenvalue weighted by Crippen LogP contribution is 2.40. The summed E-state index contributed by atoms with van der Waals surface area (Å²) in [5, 5.41) is 9.23. The third kappa shape index (κ3) is 3.06. The fraction of sp³-hybridized carbons (Fsp3) is 1.00. The van der Waals surface area contributed by atoms with Crippen molar-refractivity contribution >= 4 is 8.32 Å². The Bertz CT molecular complexity index is 247. The highest BCUT2D eigenvalue weighted by molar-refractivity contribution is 6.74. The van der Waals surface area contributed by atoms with E-state index in [1.807, 2.05) is 6.92 Å². The van der Waals surface area contributed by atoms with Crippen molar-refractivity contribution < 1.29 is 14.3 Å². The van der Waals surface area contributed by atoms with E-state index in [0.29, 0.717) is 0 Å². The lowest BCUT2D eigenvalue weighted by atomic mass is 10.1. The van der Waals surface area contributed by atoms with Gasteiger partial charge >= 0.3 is 0 Å². The van der Waals surface area contributed by atoms with E-state index in [1.165, 1.54) is 0 Å². The molecule has 3 nitrogen and oxygen atoms in total. The summed E-state index contributed by atoms with van der Waals surface area (Å²) < 4.78 is 11.5. The van der Waals surface area contributed by atoms with Gasteiger partial charge in [0.2, 0.25) is 0 Å². The summed E-state index contributed by atoms with van der Waals surface area (Å²) in [5.74, 6) is 0. The number of aliphatic hydroxyl groups excluding tert-OH is 1. The van der Waals surface area contributed by atoms with Gasteiger partial charge in [0.25, 0.3) is 0 Å². The van der Waals surface area contributed by atoms with Gasteiger partial charge in [0.05, 0.1) is 12.2 Å². The zero-order valence-corrected chi connectivity index (χ0v) is 12.5. The minimum absolute atomic E-state index is 0.0236. The largest absolute Gasteiger partial charge is 0.417 e. The van der Waals surface area contributed by atoms with E-state index in [9.17, 15) is 0 Å². The lowest BCUT2D eigenvalue weighted by Crippen LogP contribution is -2.41. The third-order valence-electron chi connectivity index (χ3n) is 4.07. The lowest BCUT2D eigenvalue weighted by Gasteiger charge is -2.36. The molecule has 0 saturated carbocycles. The first-order valence-electron chi connectivity index (χ1n) is 6.05. The summed E-state index contributed by atoms with van der Waals surface area (Å²) in [7, 11) is -1.63. The van der Waals surface area contributed by atoms with Crippen molar-refractivity contribution in [3.8, 4) is 0 Å². The topological polar surface area (TPSA) is 42.0 Å². The summed E-state index contributed by atoms with van der Waals surface area (Å²) in [6, 6.07) is 0. The molecule has 4 heteroatoms. The average molecular weight is 246 g/mol. The van der Waals surface area contributed by atoms with Gasteiger partial charge < -0.3 is 14.3 Å². The Morgan fingerprint density at radius 1 is 1.38 bits per heavy atom. The van der Waals surface area contributed by atoms with Crippen LogP contribution in [0.1, 0.15) is 34.1 Å². The molecule has 1 fully saturated rings.